The molecule has 1 aromatic carbocycles. The van der Waals surface area contributed by atoms with Gasteiger partial charge < -0.3 is 5.32 Å². The number of likely N-dealkylation sites (N-methyl/N-ethyl adjacent to an activating group) is 1. The monoisotopic (exact) mass is 294 g/mol. The number of rotatable bonds is 5. The highest BCUT2D eigenvalue weighted by Gasteiger charge is 2.30. The van der Waals surface area contributed by atoms with Crippen LogP contribution in [0.2, 0.25) is 0 Å². The zero-order valence-corrected chi connectivity index (χ0v) is 11.1. The molecule has 1 unspecified atom stereocenters. The lowest BCUT2D eigenvalue weighted by atomic mass is 10.2. The number of nitrogens with zero attached hydrogens (tertiary/aromatic N) is 1. The highest BCUT2D eigenvalue weighted by Crippen LogP contribution is 2.29. The molecule has 1 atom stereocenters. The predicted octanol–water partition coefficient (Wildman–Crippen LogP) is 3.28. The number of hydrogen-bond acceptors (Lipinski definition) is 2. The summed E-state index contributed by atoms with van der Waals surface area (Å²) in [6, 6.07) is 0.348. The van der Waals surface area contributed by atoms with Crippen molar-refractivity contribution in [2.24, 2.45) is 0 Å². The molecule has 0 aromatic heterocycles. The molecule has 112 valence electrons. The van der Waals surface area contributed by atoms with Gasteiger partial charge in [-0.25, -0.2) is 22.0 Å². The third-order valence-electron chi connectivity index (χ3n) is 3.60. The summed E-state index contributed by atoms with van der Waals surface area (Å²) < 4.78 is 65.8. The Kier molecular flexibility index (Phi) is 4.17. The molecule has 2 rings (SSSR count). The Morgan fingerprint density at radius 2 is 1.45 bits per heavy atom. The standard InChI is InChI=1S/C13H15F5N2/c1-6(20(2)7-3-4-7)5-19-13-11(17)9(15)8(14)10(16)12(13)18/h6-7,19H,3-5H2,1-2H3. The van der Waals surface area contributed by atoms with Crippen LogP contribution in [0.1, 0.15) is 19.8 Å². The Balaban J connectivity index is 2.13. The van der Waals surface area contributed by atoms with Crippen LogP contribution in [0.4, 0.5) is 27.6 Å². The Bertz CT molecular complexity index is 487. The van der Waals surface area contributed by atoms with Gasteiger partial charge in [0.2, 0.25) is 5.82 Å². The molecule has 1 aliphatic carbocycles. The molecule has 7 heteroatoms. The van der Waals surface area contributed by atoms with Crippen LogP contribution in [0, 0.1) is 29.1 Å². The summed E-state index contributed by atoms with van der Waals surface area (Å²) in [5.41, 5.74) is -0.975. The molecule has 1 aromatic rings. The maximum absolute atomic E-state index is 13.4. The number of hydrogen-bond donors (Lipinski definition) is 1. The van der Waals surface area contributed by atoms with Gasteiger partial charge in [0.15, 0.2) is 23.3 Å². The molecule has 0 bridgehead atoms. The van der Waals surface area contributed by atoms with Crippen LogP contribution in [-0.2, 0) is 0 Å². The second kappa shape index (κ2) is 5.55. The van der Waals surface area contributed by atoms with Gasteiger partial charge in [0.1, 0.15) is 5.69 Å². The molecule has 0 spiro atoms. The normalized spacial score (nSPS) is 16.6. The smallest absolute Gasteiger partial charge is 0.200 e. The summed E-state index contributed by atoms with van der Waals surface area (Å²) in [7, 11) is 1.86. The topological polar surface area (TPSA) is 15.3 Å². The minimum absolute atomic E-state index is 0.0857. The van der Waals surface area contributed by atoms with Crippen LogP contribution in [0.3, 0.4) is 0 Å². The highest BCUT2D eigenvalue weighted by atomic mass is 19.2. The van der Waals surface area contributed by atoms with Crippen molar-refractivity contribution < 1.29 is 22.0 Å². The first-order valence-corrected chi connectivity index (χ1v) is 6.31. The van der Waals surface area contributed by atoms with Gasteiger partial charge in [0.25, 0.3) is 0 Å². The van der Waals surface area contributed by atoms with E-state index in [0.717, 1.165) is 12.8 Å². The maximum Gasteiger partial charge on any atom is 0.200 e. The molecule has 1 aliphatic rings. The molecular weight excluding hydrogens is 279 g/mol. The van der Waals surface area contributed by atoms with E-state index in [2.05, 4.69) is 5.32 Å². The van der Waals surface area contributed by atoms with E-state index in [9.17, 15) is 22.0 Å². The van der Waals surface area contributed by atoms with Crippen molar-refractivity contribution in [3.05, 3.63) is 29.1 Å². The van der Waals surface area contributed by atoms with Crippen molar-refractivity contribution in [1.29, 1.82) is 0 Å². The highest BCUT2D eigenvalue weighted by molar-refractivity contribution is 5.47. The third-order valence-corrected chi connectivity index (χ3v) is 3.60. The maximum atomic E-state index is 13.4. The third kappa shape index (κ3) is 2.72. The van der Waals surface area contributed by atoms with Crippen molar-refractivity contribution >= 4 is 5.69 Å². The molecular formula is C13H15F5N2. The van der Waals surface area contributed by atoms with Crippen molar-refractivity contribution in [2.45, 2.75) is 31.8 Å². The zero-order valence-electron chi connectivity index (χ0n) is 11.1. The SMILES string of the molecule is CC(CNc1c(F)c(F)c(F)c(F)c1F)N(C)C1CC1. The van der Waals surface area contributed by atoms with Gasteiger partial charge in [-0.3, -0.25) is 4.90 Å². The van der Waals surface area contributed by atoms with Crippen LogP contribution in [0.25, 0.3) is 0 Å². The fourth-order valence-corrected chi connectivity index (χ4v) is 2.00. The molecule has 1 fully saturated rings. The van der Waals surface area contributed by atoms with Gasteiger partial charge in [-0.05, 0) is 26.8 Å². The van der Waals surface area contributed by atoms with Gasteiger partial charge in [-0.2, -0.15) is 0 Å². The molecule has 0 aliphatic heterocycles. The second-order valence-electron chi connectivity index (χ2n) is 5.07. The summed E-state index contributed by atoms with van der Waals surface area (Å²) >= 11 is 0. The van der Waals surface area contributed by atoms with Gasteiger partial charge in [-0.15, -0.1) is 0 Å². The van der Waals surface area contributed by atoms with E-state index in [-0.39, 0.29) is 12.6 Å². The number of anilines is 1. The van der Waals surface area contributed by atoms with Crippen molar-refractivity contribution in [3.63, 3.8) is 0 Å². The van der Waals surface area contributed by atoms with E-state index in [0.29, 0.717) is 6.04 Å². The summed E-state index contributed by atoms with van der Waals surface area (Å²) in [4.78, 5) is 2.01. The lowest BCUT2D eigenvalue weighted by Crippen LogP contribution is -2.36. The molecule has 1 N–H and O–H groups in total. The molecule has 0 radical (unpaired) electrons. The second-order valence-corrected chi connectivity index (χ2v) is 5.07. The van der Waals surface area contributed by atoms with Gasteiger partial charge in [0.05, 0.1) is 0 Å². The van der Waals surface area contributed by atoms with Crippen LogP contribution in [0.5, 0.6) is 0 Å². The van der Waals surface area contributed by atoms with Crippen molar-refractivity contribution in [3.8, 4) is 0 Å². The quantitative estimate of drug-likeness (QED) is 0.509. The average molecular weight is 294 g/mol. The first-order valence-electron chi connectivity index (χ1n) is 6.31. The van der Waals surface area contributed by atoms with Gasteiger partial charge >= 0.3 is 0 Å². The summed E-state index contributed by atoms with van der Waals surface area (Å²) in [5.74, 6) is -9.68. The van der Waals surface area contributed by atoms with E-state index < -0.39 is 34.8 Å². The van der Waals surface area contributed by atoms with Crippen LogP contribution in [-0.4, -0.2) is 30.6 Å². The van der Waals surface area contributed by atoms with Crippen molar-refractivity contribution in [1.82, 2.24) is 4.90 Å². The van der Waals surface area contributed by atoms with E-state index in [1.807, 2.05) is 18.9 Å². The molecule has 0 saturated heterocycles. The van der Waals surface area contributed by atoms with Gasteiger partial charge in [-0.1, -0.05) is 0 Å². The fraction of sp³-hybridized carbons (Fsp3) is 0.538. The molecule has 0 heterocycles. The van der Waals surface area contributed by atoms with Crippen LogP contribution in [0.15, 0.2) is 0 Å². The Hall–Kier alpha value is -1.37. The number of nitrogens with one attached hydrogen (secondary N) is 1. The summed E-state index contributed by atoms with van der Waals surface area (Å²) in [6.45, 7) is 1.91. The largest absolute Gasteiger partial charge is 0.379 e. The minimum Gasteiger partial charge on any atom is -0.379 e. The molecule has 20 heavy (non-hydrogen) atoms. The fourth-order valence-electron chi connectivity index (χ4n) is 2.00. The lowest BCUT2D eigenvalue weighted by molar-refractivity contribution is 0.256. The van der Waals surface area contributed by atoms with Crippen LogP contribution < -0.4 is 5.32 Å². The summed E-state index contributed by atoms with van der Waals surface area (Å²) in [6.07, 6.45) is 2.12. The van der Waals surface area contributed by atoms with E-state index in [4.69, 9.17) is 0 Å². The number of benzene rings is 1. The number of halogens is 5. The van der Waals surface area contributed by atoms with E-state index in [1.54, 1.807) is 0 Å². The first-order chi connectivity index (χ1) is 9.34. The zero-order chi connectivity index (χ0) is 15.0. The Morgan fingerprint density at radius 3 is 1.90 bits per heavy atom. The van der Waals surface area contributed by atoms with Crippen molar-refractivity contribution in [2.75, 3.05) is 18.9 Å². The minimum atomic E-state index is -2.14. The Labute approximate surface area is 113 Å². The average Bonchev–Trinajstić information content (AvgIpc) is 3.26. The van der Waals surface area contributed by atoms with E-state index in [1.165, 1.54) is 0 Å². The Morgan fingerprint density at radius 1 is 1.00 bits per heavy atom. The van der Waals surface area contributed by atoms with Gasteiger partial charge in [0, 0.05) is 18.6 Å². The molecule has 0 amide bonds. The predicted molar refractivity (Wildman–Crippen MR) is 65.0 cm³/mol. The molecule has 1 saturated carbocycles. The summed E-state index contributed by atoms with van der Waals surface area (Å²) in [5, 5.41) is 2.32. The lowest BCUT2D eigenvalue weighted by Gasteiger charge is -2.25. The van der Waals surface area contributed by atoms with E-state index >= 15 is 0 Å². The van der Waals surface area contributed by atoms with Crippen LogP contribution >= 0.6 is 0 Å². The first kappa shape index (κ1) is 15.0. The molecule has 2 nitrogen and oxygen atoms in total.